The number of aromatic amines is 1. The molecule has 0 aliphatic carbocycles. The van der Waals surface area contributed by atoms with Crippen LogP contribution in [0.5, 0.6) is 0 Å². The molecule has 94 valence electrons. The molecule has 0 aliphatic rings. The molecule has 0 saturated carbocycles. The molecule has 1 heterocycles. The van der Waals surface area contributed by atoms with E-state index in [0.717, 1.165) is 23.2 Å². The van der Waals surface area contributed by atoms with Gasteiger partial charge in [-0.1, -0.05) is 37.3 Å². The number of ether oxygens (including phenoxy) is 1. The van der Waals surface area contributed by atoms with Gasteiger partial charge in [0.25, 0.3) is 0 Å². The highest BCUT2D eigenvalue weighted by molar-refractivity contribution is 5.92. The van der Waals surface area contributed by atoms with Gasteiger partial charge < -0.3 is 9.72 Å². The molecular weight excluding hydrogens is 226 g/mol. The summed E-state index contributed by atoms with van der Waals surface area (Å²) in [6.45, 7) is 4.22. The maximum Gasteiger partial charge on any atom is 0.340 e. The van der Waals surface area contributed by atoms with E-state index in [2.05, 4.69) is 4.98 Å². The van der Waals surface area contributed by atoms with Gasteiger partial charge in [-0.15, -0.1) is 0 Å². The Labute approximate surface area is 107 Å². The van der Waals surface area contributed by atoms with Gasteiger partial charge in [0.1, 0.15) is 6.61 Å². The van der Waals surface area contributed by atoms with Crippen molar-refractivity contribution in [1.82, 2.24) is 4.98 Å². The lowest BCUT2D eigenvalue weighted by Gasteiger charge is -2.06. The zero-order chi connectivity index (χ0) is 13.0. The van der Waals surface area contributed by atoms with Crippen molar-refractivity contribution in [3.05, 3.63) is 58.9 Å². The predicted molar refractivity (Wildman–Crippen MR) is 70.5 cm³/mol. The molecule has 0 saturated heterocycles. The van der Waals surface area contributed by atoms with Crippen LogP contribution in [0.2, 0.25) is 0 Å². The van der Waals surface area contributed by atoms with Crippen molar-refractivity contribution >= 4 is 5.97 Å². The molecular formula is C15H17NO2. The molecule has 2 rings (SSSR count). The standard InChI is InChI=1S/C15H17NO2/c1-3-13-9-16-11(2)14(13)15(17)18-10-12-7-5-4-6-8-12/h4-9,16H,3,10H2,1-2H3. The van der Waals surface area contributed by atoms with E-state index in [1.165, 1.54) is 0 Å². The minimum Gasteiger partial charge on any atom is -0.457 e. The first-order valence-electron chi connectivity index (χ1n) is 6.10. The van der Waals surface area contributed by atoms with Crippen LogP contribution in [0, 0.1) is 6.92 Å². The van der Waals surface area contributed by atoms with E-state index < -0.39 is 0 Å². The van der Waals surface area contributed by atoms with Crippen molar-refractivity contribution in [3.8, 4) is 0 Å². The molecule has 18 heavy (non-hydrogen) atoms. The second-order valence-electron chi connectivity index (χ2n) is 4.23. The van der Waals surface area contributed by atoms with E-state index in [1.54, 1.807) is 0 Å². The third-order valence-corrected chi connectivity index (χ3v) is 2.96. The molecule has 2 aromatic rings. The van der Waals surface area contributed by atoms with Gasteiger partial charge in [-0.05, 0) is 24.5 Å². The Kier molecular flexibility index (Phi) is 3.82. The van der Waals surface area contributed by atoms with Crippen LogP contribution in [-0.2, 0) is 17.8 Å². The van der Waals surface area contributed by atoms with E-state index in [9.17, 15) is 4.79 Å². The van der Waals surface area contributed by atoms with Crippen molar-refractivity contribution < 1.29 is 9.53 Å². The number of hydrogen-bond acceptors (Lipinski definition) is 2. The quantitative estimate of drug-likeness (QED) is 0.837. The minimum absolute atomic E-state index is 0.255. The summed E-state index contributed by atoms with van der Waals surface area (Å²) in [6, 6.07) is 9.69. The van der Waals surface area contributed by atoms with Crippen LogP contribution < -0.4 is 0 Å². The number of nitrogens with one attached hydrogen (secondary N) is 1. The third-order valence-electron chi connectivity index (χ3n) is 2.96. The zero-order valence-corrected chi connectivity index (χ0v) is 10.7. The van der Waals surface area contributed by atoms with Gasteiger partial charge in [0.15, 0.2) is 0 Å². The SMILES string of the molecule is CCc1c[nH]c(C)c1C(=O)OCc1ccccc1. The lowest BCUT2D eigenvalue weighted by Crippen LogP contribution is -2.08. The molecule has 0 atom stereocenters. The summed E-state index contributed by atoms with van der Waals surface area (Å²) < 4.78 is 5.34. The maximum absolute atomic E-state index is 12.0. The largest absolute Gasteiger partial charge is 0.457 e. The molecule has 0 unspecified atom stereocenters. The summed E-state index contributed by atoms with van der Waals surface area (Å²) in [5, 5.41) is 0. The number of benzene rings is 1. The number of carbonyl (C=O) groups is 1. The van der Waals surface area contributed by atoms with E-state index in [0.29, 0.717) is 12.2 Å². The lowest BCUT2D eigenvalue weighted by atomic mass is 10.1. The highest BCUT2D eigenvalue weighted by Crippen LogP contribution is 2.16. The fourth-order valence-corrected chi connectivity index (χ4v) is 1.94. The summed E-state index contributed by atoms with van der Waals surface area (Å²) >= 11 is 0. The number of carbonyl (C=O) groups excluding carboxylic acids is 1. The highest BCUT2D eigenvalue weighted by atomic mass is 16.5. The Balaban J connectivity index is 2.06. The van der Waals surface area contributed by atoms with Crippen LogP contribution in [0.25, 0.3) is 0 Å². The van der Waals surface area contributed by atoms with E-state index in [1.807, 2.05) is 50.4 Å². The Morgan fingerprint density at radius 1 is 1.28 bits per heavy atom. The molecule has 1 N–H and O–H groups in total. The van der Waals surface area contributed by atoms with E-state index in [-0.39, 0.29) is 5.97 Å². The molecule has 0 aliphatic heterocycles. The molecule has 0 amide bonds. The summed E-state index contributed by atoms with van der Waals surface area (Å²) in [7, 11) is 0. The van der Waals surface area contributed by atoms with Crippen molar-refractivity contribution in [2.75, 3.05) is 0 Å². The third kappa shape index (κ3) is 2.62. The maximum atomic E-state index is 12.0. The number of rotatable bonds is 4. The topological polar surface area (TPSA) is 42.1 Å². The smallest absolute Gasteiger partial charge is 0.340 e. The molecule has 0 radical (unpaired) electrons. The average Bonchev–Trinajstić information content (AvgIpc) is 2.78. The Hall–Kier alpha value is -2.03. The van der Waals surface area contributed by atoms with Crippen molar-refractivity contribution in [3.63, 3.8) is 0 Å². The Morgan fingerprint density at radius 2 is 2.00 bits per heavy atom. The fraction of sp³-hybridized carbons (Fsp3) is 0.267. The highest BCUT2D eigenvalue weighted by Gasteiger charge is 2.16. The monoisotopic (exact) mass is 243 g/mol. The van der Waals surface area contributed by atoms with E-state index >= 15 is 0 Å². The van der Waals surface area contributed by atoms with Gasteiger partial charge in [-0.3, -0.25) is 0 Å². The van der Waals surface area contributed by atoms with Gasteiger partial charge in [-0.25, -0.2) is 4.79 Å². The summed E-state index contributed by atoms with van der Waals surface area (Å²) in [5.41, 5.74) is 3.54. The van der Waals surface area contributed by atoms with Crippen molar-refractivity contribution in [1.29, 1.82) is 0 Å². The first-order valence-corrected chi connectivity index (χ1v) is 6.10. The summed E-state index contributed by atoms with van der Waals surface area (Å²) in [4.78, 5) is 15.1. The average molecular weight is 243 g/mol. The fourth-order valence-electron chi connectivity index (χ4n) is 1.94. The van der Waals surface area contributed by atoms with Crippen LogP contribution >= 0.6 is 0 Å². The first-order chi connectivity index (χ1) is 8.72. The van der Waals surface area contributed by atoms with Crippen LogP contribution in [0.3, 0.4) is 0 Å². The van der Waals surface area contributed by atoms with Gasteiger partial charge in [-0.2, -0.15) is 0 Å². The molecule has 1 aromatic carbocycles. The predicted octanol–water partition coefficient (Wildman–Crippen LogP) is 3.24. The van der Waals surface area contributed by atoms with Crippen LogP contribution in [-0.4, -0.2) is 11.0 Å². The molecule has 3 heteroatoms. The number of H-pyrrole nitrogens is 1. The normalized spacial score (nSPS) is 10.3. The van der Waals surface area contributed by atoms with Crippen molar-refractivity contribution in [2.45, 2.75) is 26.9 Å². The molecule has 0 bridgehead atoms. The van der Waals surface area contributed by atoms with Gasteiger partial charge in [0, 0.05) is 11.9 Å². The van der Waals surface area contributed by atoms with Crippen LogP contribution in [0.1, 0.15) is 34.1 Å². The number of aromatic nitrogens is 1. The molecule has 0 spiro atoms. The zero-order valence-electron chi connectivity index (χ0n) is 10.7. The second-order valence-corrected chi connectivity index (χ2v) is 4.23. The van der Waals surface area contributed by atoms with Gasteiger partial charge in [0.05, 0.1) is 5.56 Å². The first kappa shape index (κ1) is 12.4. The molecule has 1 aromatic heterocycles. The summed E-state index contributed by atoms with van der Waals surface area (Å²) in [5.74, 6) is -0.255. The van der Waals surface area contributed by atoms with Crippen molar-refractivity contribution in [2.24, 2.45) is 0 Å². The Bertz CT molecular complexity index is 529. The number of aryl methyl sites for hydroxylation is 2. The van der Waals surface area contributed by atoms with E-state index in [4.69, 9.17) is 4.74 Å². The van der Waals surface area contributed by atoms with Gasteiger partial charge >= 0.3 is 5.97 Å². The number of esters is 1. The second kappa shape index (κ2) is 5.54. The molecule has 3 nitrogen and oxygen atoms in total. The molecule has 0 fully saturated rings. The van der Waals surface area contributed by atoms with Crippen LogP contribution in [0.4, 0.5) is 0 Å². The lowest BCUT2D eigenvalue weighted by molar-refractivity contribution is 0.0471. The Morgan fingerprint density at radius 3 is 2.67 bits per heavy atom. The number of hydrogen-bond donors (Lipinski definition) is 1. The van der Waals surface area contributed by atoms with Gasteiger partial charge in [0.2, 0.25) is 0 Å². The minimum atomic E-state index is -0.255. The van der Waals surface area contributed by atoms with Crippen LogP contribution in [0.15, 0.2) is 36.5 Å². The summed E-state index contributed by atoms with van der Waals surface area (Å²) in [6.07, 6.45) is 2.69.